The molecule has 1 aliphatic carbocycles. The van der Waals surface area contributed by atoms with Gasteiger partial charge in [-0.1, -0.05) is 12.1 Å². The van der Waals surface area contributed by atoms with Crippen LogP contribution in [0, 0.1) is 0 Å². The summed E-state index contributed by atoms with van der Waals surface area (Å²) in [5.41, 5.74) is 3.18. The average molecular weight is 641 g/mol. The smallest absolute Gasteiger partial charge is 0.259 e. The number of anilines is 2. The van der Waals surface area contributed by atoms with Crippen molar-refractivity contribution in [3.63, 3.8) is 0 Å². The molecule has 2 aliphatic rings. The Morgan fingerprint density at radius 3 is 1.91 bits per heavy atom. The first-order valence-corrected chi connectivity index (χ1v) is 15.0. The molecule has 1 amide bonds. The van der Waals surface area contributed by atoms with Gasteiger partial charge in [-0.25, -0.2) is 0 Å². The zero-order chi connectivity index (χ0) is 33.2. The van der Waals surface area contributed by atoms with Crippen LogP contribution in [0.5, 0.6) is 34.5 Å². The minimum absolute atomic E-state index is 0.130. The van der Waals surface area contributed by atoms with Crippen molar-refractivity contribution in [2.45, 2.75) is 24.8 Å². The number of furan rings is 1. The summed E-state index contributed by atoms with van der Waals surface area (Å²) in [5, 5.41) is 3.53. The Labute approximate surface area is 272 Å². The van der Waals surface area contributed by atoms with E-state index in [9.17, 15) is 4.79 Å². The number of ketones is 1. The number of para-hydroxylation sites is 2. The van der Waals surface area contributed by atoms with Crippen LogP contribution in [0.2, 0.25) is 0 Å². The predicted octanol–water partition coefficient (Wildman–Crippen LogP) is 6.55. The van der Waals surface area contributed by atoms with Gasteiger partial charge in [0.1, 0.15) is 5.76 Å². The van der Waals surface area contributed by atoms with Gasteiger partial charge in [0.25, 0.3) is 5.91 Å². The number of benzene rings is 3. The lowest BCUT2D eigenvalue weighted by atomic mass is 9.79. The number of nitrogens with zero attached hydrogens (tertiary/aromatic N) is 1. The largest absolute Gasteiger partial charge is 0.493 e. The van der Waals surface area contributed by atoms with Crippen molar-refractivity contribution in [1.29, 1.82) is 0 Å². The van der Waals surface area contributed by atoms with E-state index >= 15 is 4.79 Å². The fraction of sp³-hybridized carbons (Fsp3) is 0.278. The van der Waals surface area contributed by atoms with Crippen LogP contribution >= 0.6 is 0 Å². The molecule has 0 bridgehead atoms. The molecule has 1 aromatic heterocycles. The van der Waals surface area contributed by atoms with E-state index in [-0.39, 0.29) is 23.7 Å². The molecule has 2 heterocycles. The zero-order valence-corrected chi connectivity index (χ0v) is 27.0. The molecular formula is C36H36N2O9. The summed E-state index contributed by atoms with van der Waals surface area (Å²) < 4.78 is 39.5. The molecule has 2 atom stereocenters. The van der Waals surface area contributed by atoms with Crippen LogP contribution in [-0.4, -0.2) is 54.3 Å². The second-order valence-corrected chi connectivity index (χ2v) is 11.0. The summed E-state index contributed by atoms with van der Waals surface area (Å²) in [6.45, 7) is 0. The summed E-state index contributed by atoms with van der Waals surface area (Å²) in [6.07, 6.45) is 2.28. The number of Topliss-reactive ketones (excluding diaryl/α,β-unsaturated/α-hetero) is 1. The van der Waals surface area contributed by atoms with Crippen LogP contribution in [0.3, 0.4) is 0 Å². The van der Waals surface area contributed by atoms with Crippen molar-refractivity contribution in [2.75, 3.05) is 52.9 Å². The highest BCUT2D eigenvalue weighted by Crippen LogP contribution is 2.51. The van der Waals surface area contributed by atoms with Crippen LogP contribution in [0.25, 0.3) is 0 Å². The van der Waals surface area contributed by atoms with Gasteiger partial charge in [0.2, 0.25) is 11.5 Å². The molecule has 0 spiro atoms. The highest BCUT2D eigenvalue weighted by Gasteiger charge is 2.43. The van der Waals surface area contributed by atoms with Gasteiger partial charge in [-0.15, -0.1) is 0 Å². The third-order valence-corrected chi connectivity index (χ3v) is 8.57. The van der Waals surface area contributed by atoms with Gasteiger partial charge in [0.15, 0.2) is 28.8 Å². The summed E-state index contributed by atoms with van der Waals surface area (Å²) in [4.78, 5) is 31.1. The number of carbonyl (C=O) groups is 2. The van der Waals surface area contributed by atoms with E-state index < -0.39 is 11.9 Å². The van der Waals surface area contributed by atoms with E-state index in [4.69, 9.17) is 32.8 Å². The van der Waals surface area contributed by atoms with Crippen molar-refractivity contribution in [2.24, 2.45) is 0 Å². The molecule has 11 heteroatoms. The number of rotatable bonds is 9. The number of methoxy groups -OCH3 is 6. The first-order valence-electron chi connectivity index (χ1n) is 15.0. The summed E-state index contributed by atoms with van der Waals surface area (Å²) in [6, 6.07) is 17.0. The summed E-state index contributed by atoms with van der Waals surface area (Å²) >= 11 is 0. The third-order valence-electron chi connectivity index (χ3n) is 8.57. The van der Waals surface area contributed by atoms with E-state index in [1.54, 1.807) is 35.4 Å². The topological polar surface area (TPSA) is 118 Å². The van der Waals surface area contributed by atoms with Gasteiger partial charge in [-0.2, -0.15) is 0 Å². The molecule has 0 unspecified atom stereocenters. The Kier molecular flexibility index (Phi) is 8.71. The van der Waals surface area contributed by atoms with Gasteiger partial charge < -0.3 is 38.2 Å². The normalized spacial score (nSPS) is 17.1. The molecule has 4 aromatic rings. The Balaban J connectivity index is 1.64. The van der Waals surface area contributed by atoms with Crippen LogP contribution in [0.4, 0.5) is 11.4 Å². The Hall–Kier alpha value is -5.58. The molecule has 0 saturated heterocycles. The van der Waals surface area contributed by atoms with E-state index in [0.29, 0.717) is 69.1 Å². The number of nitrogens with one attached hydrogen (secondary N) is 1. The maximum Gasteiger partial charge on any atom is 0.259 e. The maximum absolute atomic E-state index is 15.0. The molecule has 1 N–H and O–H groups in total. The number of allylic oxidation sites excluding steroid dienone is 1. The molecular weight excluding hydrogens is 604 g/mol. The predicted molar refractivity (Wildman–Crippen MR) is 175 cm³/mol. The molecule has 244 valence electrons. The second-order valence-electron chi connectivity index (χ2n) is 11.0. The van der Waals surface area contributed by atoms with E-state index in [1.807, 2.05) is 36.4 Å². The number of hydrogen-bond donors (Lipinski definition) is 1. The van der Waals surface area contributed by atoms with E-state index in [2.05, 4.69) is 5.32 Å². The monoisotopic (exact) mass is 640 g/mol. The number of hydrogen-bond acceptors (Lipinski definition) is 10. The van der Waals surface area contributed by atoms with Crippen molar-refractivity contribution in [1.82, 2.24) is 0 Å². The van der Waals surface area contributed by atoms with Gasteiger partial charge in [0, 0.05) is 29.2 Å². The van der Waals surface area contributed by atoms with Gasteiger partial charge in [0.05, 0.1) is 66.3 Å². The minimum Gasteiger partial charge on any atom is -0.493 e. The van der Waals surface area contributed by atoms with E-state index in [1.165, 1.54) is 42.7 Å². The SMILES string of the molecule is COc1cc(C(=O)N2c3ccccc3NC3=C(C(=O)C[C@H](c4ccco4)C3)[C@H]2c2cc(OC)c(OC)c(OC)c2)cc(OC)c1OC. The van der Waals surface area contributed by atoms with Crippen molar-refractivity contribution in [3.8, 4) is 34.5 Å². The molecule has 1 aliphatic heterocycles. The zero-order valence-electron chi connectivity index (χ0n) is 27.0. The molecule has 11 nitrogen and oxygen atoms in total. The van der Waals surface area contributed by atoms with E-state index in [0.717, 1.165) is 5.76 Å². The molecule has 3 aromatic carbocycles. The molecule has 6 rings (SSSR count). The Morgan fingerprint density at radius 2 is 1.36 bits per heavy atom. The van der Waals surface area contributed by atoms with Gasteiger partial charge >= 0.3 is 0 Å². The third kappa shape index (κ3) is 5.47. The number of amides is 1. The molecule has 0 fully saturated rings. The van der Waals surface area contributed by atoms with Crippen LogP contribution < -0.4 is 38.6 Å². The lowest BCUT2D eigenvalue weighted by Crippen LogP contribution is -2.38. The van der Waals surface area contributed by atoms with Crippen LogP contribution in [-0.2, 0) is 4.79 Å². The highest BCUT2D eigenvalue weighted by atomic mass is 16.5. The fourth-order valence-electron chi connectivity index (χ4n) is 6.46. The fourth-order valence-corrected chi connectivity index (χ4v) is 6.46. The maximum atomic E-state index is 15.0. The average Bonchev–Trinajstić information content (AvgIpc) is 3.60. The number of fused-ring (bicyclic) bond motifs is 1. The standard InChI is InChI=1S/C36H36N2O9/c1-41-28-16-21(17-29(42-2)34(28)45-5)33-32-24(14-20(15-26(32)39)27-12-9-13-47-27)37-23-10-7-8-11-25(23)38(33)36(40)22-18-30(43-3)35(46-6)31(19-22)44-4/h7-13,16-20,33,37H,14-15H2,1-6H3/t20-,33-/m1/s1. The minimum atomic E-state index is -0.911. The van der Waals surface area contributed by atoms with Crippen LogP contribution in [0.15, 0.2) is 82.6 Å². The van der Waals surface area contributed by atoms with Gasteiger partial charge in [-0.05, 0) is 60.5 Å². The summed E-state index contributed by atoms with van der Waals surface area (Å²) in [7, 11) is 9.04. The van der Waals surface area contributed by atoms with Crippen molar-refractivity contribution < 1.29 is 42.4 Å². The van der Waals surface area contributed by atoms with Crippen molar-refractivity contribution in [3.05, 3.63) is 95.1 Å². The Bertz CT molecular complexity index is 1800. The Morgan fingerprint density at radius 1 is 0.766 bits per heavy atom. The first-order chi connectivity index (χ1) is 22.9. The lowest BCUT2D eigenvalue weighted by Gasteiger charge is -2.35. The van der Waals surface area contributed by atoms with Crippen LogP contribution in [0.1, 0.15) is 46.5 Å². The first kappa shape index (κ1) is 31.4. The summed E-state index contributed by atoms with van der Waals surface area (Å²) in [5.74, 6) is 2.12. The molecule has 0 saturated carbocycles. The highest BCUT2D eigenvalue weighted by molar-refractivity contribution is 6.12. The molecule has 47 heavy (non-hydrogen) atoms. The number of carbonyl (C=O) groups excluding carboxylic acids is 2. The quantitative estimate of drug-likeness (QED) is 0.216. The lowest BCUT2D eigenvalue weighted by molar-refractivity contribution is -0.116. The second kappa shape index (κ2) is 13.0. The number of ether oxygens (including phenoxy) is 6. The molecule has 0 radical (unpaired) electrons. The van der Waals surface area contributed by atoms with Crippen molar-refractivity contribution >= 4 is 23.1 Å². The van der Waals surface area contributed by atoms with Gasteiger partial charge in [-0.3, -0.25) is 14.5 Å².